The van der Waals surface area contributed by atoms with Gasteiger partial charge in [-0.2, -0.15) is 0 Å². The van der Waals surface area contributed by atoms with Gasteiger partial charge in [-0.3, -0.25) is 0 Å². The molecule has 2 unspecified atom stereocenters. The summed E-state index contributed by atoms with van der Waals surface area (Å²) < 4.78 is 24.6. The Balaban J connectivity index is 2.38. The Labute approximate surface area is 128 Å². The van der Waals surface area contributed by atoms with E-state index in [9.17, 15) is 8.42 Å². The molecule has 2 rings (SSSR count). The number of hydrogen-bond acceptors (Lipinski definition) is 4. The standard InChI is InChI=1S/C16H26N2O2S/c1-3-13-9-10-18(14(11-13)12-17)15-7-5-6-8-16(15)21(19,20)4-2/h5-8,13-14H,3-4,9-12,17H2,1-2H3. The van der Waals surface area contributed by atoms with Crippen molar-refractivity contribution < 1.29 is 8.42 Å². The quantitative estimate of drug-likeness (QED) is 0.907. The van der Waals surface area contributed by atoms with Crippen molar-refractivity contribution in [3.8, 4) is 0 Å². The van der Waals surface area contributed by atoms with E-state index in [0.29, 0.717) is 17.4 Å². The van der Waals surface area contributed by atoms with Crippen LogP contribution in [-0.2, 0) is 9.84 Å². The molecule has 0 aliphatic carbocycles. The Hall–Kier alpha value is -1.07. The molecule has 4 nitrogen and oxygen atoms in total. The minimum atomic E-state index is -3.21. The molecule has 0 radical (unpaired) electrons. The van der Waals surface area contributed by atoms with Crippen molar-refractivity contribution >= 4 is 15.5 Å². The zero-order chi connectivity index (χ0) is 15.5. The number of benzene rings is 1. The van der Waals surface area contributed by atoms with E-state index in [2.05, 4.69) is 11.8 Å². The molecule has 1 saturated heterocycles. The van der Waals surface area contributed by atoms with Crippen molar-refractivity contribution in [1.82, 2.24) is 0 Å². The third-order valence-electron chi connectivity index (χ3n) is 4.56. The van der Waals surface area contributed by atoms with Crippen molar-refractivity contribution in [2.45, 2.75) is 44.0 Å². The van der Waals surface area contributed by atoms with Crippen LogP contribution in [-0.4, -0.2) is 33.3 Å². The van der Waals surface area contributed by atoms with Crippen LogP contribution in [0.3, 0.4) is 0 Å². The van der Waals surface area contributed by atoms with Gasteiger partial charge in [-0.25, -0.2) is 8.42 Å². The molecule has 118 valence electrons. The van der Waals surface area contributed by atoms with E-state index in [-0.39, 0.29) is 11.8 Å². The zero-order valence-electron chi connectivity index (χ0n) is 13.0. The number of sulfone groups is 1. The van der Waals surface area contributed by atoms with Gasteiger partial charge < -0.3 is 10.6 Å². The Morgan fingerprint density at radius 2 is 2.00 bits per heavy atom. The minimum Gasteiger partial charge on any atom is -0.366 e. The van der Waals surface area contributed by atoms with E-state index < -0.39 is 9.84 Å². The van der Waals surface area contributed by atoms with Crippen LogP contribution < -0.4 is 10.6 Å². The molecule has 2 N–H and O–H groups in total. The van der Waals surface area contributed by atoms with Gasteiger partial charge in [0, 0.05) is 19.1 Å². The largest absolute Gasteiger partial charge is 0.366 e. The topological polar surface area (TPSA) is 63.4 Å². The smallest absolute Gasteiger partial charge is 0.180 e. The van der Waals surface area contributed by atoms with Crippen LogP contribution in [0.15, 0.2) is 29.2 Å². The molecule has 2 atom stereocenters. The lowest BCUT2D eigenvalue weighted by molar-refractivity contribution is 0.335. The summed E-state index contributed by atoms with van der Waals surface area (Å²) in [5, 5.41) is 0. The van der Waals surface area contributed by atoms with Crippen molar-refractivity contribution in [1.29, 1.82) is 0 Å². The first-order chi connectivity index (χ1) is 10.0. The molecule has 0 aromatic heterocycles. The number of anilines is 1. The monoisotopic (exact) mass is 310 g/mol. The number of para-hydroxylation sites is 1. The zero-order valence-corrected chi connectivity index (χ0v) is 13.8. The number of nitrogens with two attached hydrogens (primary N) is 1. The Morgan fingerprint density at radius 1 is 1.29 bits per heavy atom. The average Bonchev–Trinajstić information content (AvgIpc) is 2.54. The number of hydrogen-bond donors (Lipinski definition) is 1. The van der Waals surface area contributed by atoms with Crippen LogP contribution in [0.4, 0.5) is 5.69 Å². The van der Waals surface area contributed by atoms with Gasteiger partial charge in [0.15, 0.2) is 9.84 Å². The van der Waals surface area contributed by atoms with E-state index >= 15 is 0 Å². The van der Waals surface area contributed by atoms with E-state index in [1.807, 2.05) is 12.1 Å². The molecule has 0 spiro atoms. The molecule has 1 aliphatic rings. The second-order valence-electron chi connectivity index (χ2n) is 5.75. The van der Waals surface area contributed by atoms with Gasteiger partial charge in [-0.05, 0) is 30.9 Å². The molecule has 1 aliphatic heterocycles. The minimum absolute atomic E-state index is 0.128. The summed E-state index contributed by atoms with van der Waals surface area (Å²) in [7, 11) is -3.21. The molecule has 5 heteroatoms. The summed E-state index contributed by atoms with van der Waals surface area (Å²) in [6.07, 6.45) is 3.32. The Bertz CT molecular complexity index is 571. The molecule has 0 bridgehead atoms. The van der Waals surface area contributed by atoms with Gasteiger partial charge >= 0.3 is 0 Å². The van der Waals surface area contributed by atoms with Crippen molar-refractivity contribution in [3.63, 3.8) is 0 Å². The van der Waals surface area contributed by atoms with E-state index in [1.165, 1.54) is 6.42 Å². The predicted molar refractivity (Wildman–Crippen MR) is 87.4 cm³/mol. The average molecular weight is 310 g/mol. The second-order valence-corrected chi connectivity index (χ2v) is 8.00. The van der Waals surface area contributed by atoms with Crippen molar-refractivity contribution in [2.75, 3.05) is 23.7 Å². The molecule has 1 heterocycles. The fraction of sp³-hybridized carbons (Fsp3) is 0.625. The molecule has 1 aromatic rings. The van der Waals surface area contributed by atoms with Gasteiger partial charge in [-0.1, -0.05) is 32.4 Å². The maximum Gasteiger partial charge on any atom is 0.180 e. The second kappa shape index (κ2) is 6.79. The Morgan fingerprint density at radius 3 is 2.62 bits per heavy atom. The molecule has 1 fully saturated rings. The van der Waals surface area contributed by atoms with Crippen LogP contribution >= 0.6 is 0 Å². The molecule has 0 amide bonds. The highest BCUT2D eigenvalue weighted by molar-refractivity contribution is 7.91. The summed E-state index contributed by atoms with van der Waals surface area (Å²) >= 11 is 0. The third-order valence-corrected chi connectivity index (χ3v) is 6.34. The maximum absolute atomic E-state index is 12.3. The van der Waals surface area contributed by atoms with E-state index in [4.69, 9.17) is 5.73 Å². The Kier molecular flexibility index (Phi) is 5.27. The summed E-state index contributed by atoms with van der Waals surface area (Å²) in [5.74, 6) is 0.827. The van der Waals surface area contributed by atoms with Gasteiger partial charge in [-0.15, -0.1) is 0 Å². The van der Waals surface area contributed by atoms with Gasteiger partial charge in [0.2, 0.25) is 0 Å². The fourth-order valence-electron chi connectivity index (χ4n) is 3.16. The number of nitrogens with zero attached hydrogens (tertiary/aromatic N) is 1. The highest BCUT2D eigenvalue weighted by Crippen LogP contribution is 2.33. The third kappa shape index (κ3) is 3.40. The van der Waals surface area contributed by atoms with Crippen LogP contribution in [0.2, 0.25) is 0 Å². The lowest BCUT2D eigenvalue weighted by atomic mass is 9.88. The van der Waals surface area contributed by atoms with Crippen LogP contribution in [0, 0.1) is 5.92 Å². The normalized spacial score (nSPS) is 23.3. The molecule has 0 saturated carbocycles. The van der Waals surface area contributed by atoms with Crippen LogP contribution in [0.1, 0.15) is 33.1 Å². The van der Waals surface area contributed by atoms with E-state index in [0.717, 1.165) is 25.1 Å². The first-order valence-electron chi connectivity index (χ1n) is 7.82. The van der Waals surface area contributed by atoms with E-state index in [1.54, 1.807) is 19.1 Å². The lowest BCUT2D eigenvalue weighted by Gasteiger charge is -2.41. The molecule has 21 heavy (non-hydrogen) atoms. The predicted octanol–water partition coefficient (Wildman–Crippen LogP) is 2.43. The number of rotatable bonds is 5. The van der Waals surface area contributed by atoms with Crippen molar-refractivity contribution in [3.05, 3.63) is 24.3 Å². The molecule has 1 aromatic carbocycles. The highest BCUT2D eigenvalue weighted by atomic mass is 32.2. The number of piperidine rings is 1. The van der Waals surface area contributed by atoms with Gasteiger partial charge in [0.05, 0.1) is 16.3 Å². The van der Waals surface area contributed by atoms with Crippen molar-refractivity contribution in [2.24, 2.45) is 11.7 Å². The summed E-state index contributed by atoms with van der Waals surface area (Å²) in [6, 6.07) is 7.56. The molecular weight excluding hydrogens is 284 g/mol. The van der Waals surface area contributed by atoms with Gasteiger partial charge in [0.25, 0.3) is 0 Å². The first kappa shape index (κ1) is 16.3. The van der Waals surface area contributed by atoms with Crippen LogP contribution in [0.5, 0.6) is 0 Å². The van der Waals surface area contributed by atoms with Gasteiger partial charge in [0.1, 0.15) is 0 Å². The lowest BCUT2D eigenvalue weighted by Crippen LogP contribution is -2.47. The SMILES string of the molecule is CCC1CCN(c2ccccc2S(=O)(=O)CC)C(CN)C1. The summed E-state index contributed by atoms with van der Waals surface area (Å²) in [6.45, 7) is 5.35. The fourth-order valence-corrected chi connectivity index (χ4v) is 4.26. The summed E-state index contributed by atoms with van der Waals surface area (Å²) in [4.78, 5) is 2.65. The first-order valence-corrected chi connectivity index (χ1v) is 9.47. The molecular formula is C16H26N2O2S. The summed E-state index contributed by atoms with van der Waals surface area (Å²) in [5.41, 5.74) is 6.77. The maximum atomic E-state index is 12.3. The highest BCUT2D eigenvalue weighted by Gasteiger charge is 2.30. The van der Waals surface area contributed by atoms with Crippen LogP contribution in [0.25, 0.3) is 0 Å².